The van der Waals surface area contributed by atoms with E-state index in [9.17, 15) is 9.90 Å². The number of nitrogens with two attached hydrogens (primary N) is 1. The second-order valence-corrected chi connectivity index (χ2v) is 6.76. The summed E-state index contributed by atoms with van der Waals surface area (Å²) in [4.78, 5) is 16.3. The summed E-state index contributed by atoms with van der Waals surface area (Å²) in [6, 6.07) is 8.08. The van der Waals surface area contributed by atoms with Crippen LogP contribution in [0.5, 0.6) is 0 Å². The van der Waals surface area contributed by atoms with Crippen LogP contribution in [0.15, 0.2) is 36.8 Å². The lowest BCUT2D eigenvalue weighted by atomic mass is 9.94. The van der Waals surface area contributed by atoms with Crippen molar-refractivity contribution in [3.8, 4) is 5.69 Å². The number of carbonyl (C=O) groups is 1. The Morgan fingerprint density at radius 3 is 2.78 bits per heavy atom. The number of carboxylic acids is 1. The van der Waals surface area contributed by atoms with Gasteiger partial charge in [0.05, 0.1) is 12.0 Å². The lowest BCUT2D eigenvalue weighted by Crippen LogP contribution is -2.24. The Kier molecular flexibility index (Phi) is 3.98. The zero-order chi connectivity index (χ0) is 16.6. The van der Waals surface area contributed by atoms with Gasteiger partial charge in [0, 0.05) is 11.9 Å². The number of imidazole rings is 1. The fourth-order valence-corrected chi connectivity index (χ4v) is 3.29. The second kappa shape index (κ2) is 5.81. The number of carboxylic acid groups (broad SMARTS) is 1. The predicted octanol–water partition coefficient (Wildman–Crippen LogP) is 2.51. The zero-order valence-electron chi connectivity index (χ0n) is 13.6. The largest absolute Gasteiger partial charge is 0.481 e. The minimum Gasteiger partial charge on any atom is -0.481 e. The number of benzene rings is 1. The first kappa shape index (κ1) is 15.7. The predicted molar refractivity (Wildman–Crippen MR) is 88.6 cm³/mol. The Balaban J connectivity index is 1.86. The first-order valence-corrected chi connectivity index (χ1v) is 8.02. The van der Waals surface area contributed by atoms with E-state index in [1.54, 1.807) is 6.33 Å². The molecule has 0 bridgehead atoms. The number of aliphatic carboxylic acids is 1. The topological polar surface area (TPSA) is 81.1 Å². The smallest absolute Gasteiger partial charge is 0.316 e. The van der Waals surface area contributed by atoms with Gasteiger partial charge in [0.1, 0.15) is 5.41 Å². The van der Waals surface area contributed by atoms with E-state index >= 15 is 0 Å². The molecule has 0 radical (unpaired) electrons. The zero-order valence-corrected chi connectivity index (χ0v) is 13.6. The van der Waals surface area contributed by atoms with Crippen molar-refractivity contribution < 1.29 is 9.90 Å². The SMILES string of the molecule is Cc1ccc(-n2cnc([C@@]3(C(=O)O)C[C@@H]3CC(C)CN)c2)cc1. The molecular formula is C18H23N3O2. The van der Waals surface area contributed by atoms with E-state index in [0.29, 0.717) is 24.6 Å². The number of hydrogen-bond donors (Lipinski definition) is 2. The Labute approximate surface area is 136 Å². The highest BCUT2D eigenvalue weighted by Gasteiger charge is 2.62. The third kappa shape index (κ3) is 2.77. The standard InChI is InChI=1S/C18H23N3O2/c1-12-3-5-15(6-4-12)21-10-16(20-11-21)18(17(22)23)8-14(18)7-13(2)9-19/h3-6,10-11,13-14H,7-9,19H2,1-2H3,(H,22,23)/t13?,14-,18+/m0/s1. The summed E-state index contributed by atoms with van der Waals surface area (Å²) in [6.07, 6.45) is 5.04. The quantitative estimate of drug-likeness (QED) is 0.858. The first-order chi connectivity index (χ1) is 11.0. The maximum Gasteiger partial charge on any atom is 0.316 e. The fourth-order valence-electron chi connectivity index (χ4n) is 3.29. The summed E-state index contributed by atoms with van der Waals surface area (Å²) in [6.45, 7) is 4.69. The van der Waals surface area contributed by atoms with E-state index in [2.05, 4.69) is 11.9 Å². The van der Waals surface area contributed by atoms with E-state index in [1.165, 1.54) is 5.56 Å². The number of aromatic nitrogens is 2. The maximum absolute atomic E-state index is 11.9. The number of aryl methyl sites for hydroxylation is 1. The summed E-state index contributed by atoms with van der Waals surface area (Å²) >= 11 is 0. The molecule has 1 unspecified atom stereocenters. The van der Waals surface area contributed by atoms with E-state index in [4.69, 9.17) is 5.73 Å². The van der Waals surface area contributed by atoms with E-state index in [1.807, 2.05) is 42.0 Å². The van der Waals surface area contributed by atoms with Crippen LogP contribution < -0.4 is 5.73 Å². The van der Waals surface area contributed by atoms with Crippen molar-refractivity contribution in [2.75, 3.05) is 6.54 Å². The van der Waals surface area contributed by atoms with Crippen LogP contribution in [0.3, 0.4) is 0 Å². The third-order valence-electron chi connectivity index (χ3n) is 4.95. The van der Waals surface area contributed by atoms with Crippen LogP contribution in [0.4, 0.5) is 0 Å². The summed E-state index contributed by atoms with van der Waals surface area (Å²) in [5.74, 6) is -0.318. The van der Waals surface area contributed by atoms with Gasteiger partial charge in [-0.2, -0.15) is 0 Å². The molecule has 0 spiro atoms. The maximum atomic E-state index is 11.9. The molecule has 0 amide bonds. The van der Waals surface area contributed by atoms with Crippen LogP contribution in [0, 0.1) is 18.8 Å². The molecule has 1 aromatic carbocycles. The molecule has 5 heteroatoms. The Bertz CT molecular complexity index is 707. The monoisotopic (exact) mass is 313 g/mol. The molecule has 2 aromatic rings. The highest BCUT2D eigenvalue weighted by Crippen LogP contribution is 2.56. The molecule has 0 saturated heterocycles. The summed E-state index contributed by atoms with van der Waals surface area (Å²) in [7, 11) is 0. The van der Waals surface area contributed by atoms with Crippen LogP contribution in [0.25, 0.3) is 5.69 Å². The van der Waals surface area contributed by atoms with Crippen molar-refractivity contribution in [1.82, 2.24) is 9.55 Å². The van der Waals surface area contributed by atoms with Crippen molar-refractivity contribution in [2.45, 2.75) is 32.1 Å². The van der Waals surface area contributed by atoms with Gasteiger partial charge in [0.15, 0.2) is 0 Å². The molecule has 3 N–H and O–H groups in total. The number of rotatable bonds is 6. The van der Waals surface area contributed by atoms with Gasteiger partial charge in [-0.15, -0.1) is 0 Å². The van der Waals surface area contributed by atoms with Crippen LogP contribution in [0.2, 0.25) is 0 Å². The molecule has 3 atom stereocenters. The second-order valence-electron chi connectivity index (χ2n) is 6.76. The van der Waals surface area contributed by atoms with Gasteiger partial charge in [-0.05, 0) is 50.3 Å². The molecule has 1 saturated carbocycles. The number of nitrogens with zero attached hydrogens (tertiary/aromatic N) is 2. The van der Waals surface area contributed by atoms with Gasteiger partial charge < -0.3 is 15.4 Å². The molecule has 122 valence electrons. The van der Waals surface area contributed by atoms with Gasteiger partial charge in [-0.25, -0.2) is 4.98 Å². The van der Waals surface area contributed by atoms with Crippen molar-refractivity contribution >= 4 is 5.97 Å². The molecule has 1 fully saturated rings. The van der Waals surface area contributed by atoms with Crippen LogP contribution in [-0.2, 0) is 10.2 Å². The molecule has 0 aliphatic heterocycles. The van der Waals surface area contributed by atoms with Crippen LogP contribution >= 0.6 is 0 Å². The molecule has 1 aliphatic carbocycles. The normalized spacial score (nSPS) is 24.4. The van der Waals surface area contributed by atoms with E-state index < -0.39 is 11.4 Å². The average molecular weight is 313 g/mol. The van der Waals surface area contributed by atoms with Crippen molar-refractivity contribution in [1.29, 1.82) is 0 Å². The molecule has 1 heterocycles. The minimum absolute atomic E-state index is 0.125. The summed E-state index contributed by atoms with van der Waals surface area (Å²) in [5.41, 5.74) is 7.67. The van der Waals surface area contributed by atoms with Crippen molar-refractivity contribution in [2.24, 2.45) is 17.6 Å². The Hall–Kier alpha value is -2.14. The first-order valence-electron chi connectivity index (χ1n) is 8.02. The van der Waals surface area contributed by atoms with Gasteiger partial charge in [0.25, 0.3) is 0 Å². The minimum atomic E-state index is -0.834. The van der Waals surface area contributed by atoms with Crippen molar-refractivity contribution in [3.05, 3.63) is 48.0 Å². The van der Waals surface area contributed by atoms with Gasteiger partial charge in [-0.1, -0.05) is 24.6 Å². The van der Waals surface area contributed by atoms with Crippen molar-refractivity contribution in [3.63, 3.8) is 0 Å². The lowest BCUT2D eigenvalue weighted by molar-refractivity contribution is -0.140. The molecule has 1 aromatic heterocycles. The van der Waals surface area contributed by atoms with E-state index in [0.717, 1.165) is 12.1 Å². The highest BCUT2D eigenvalue weighted by molar-refractivity contribution is 5.85. The van der Waals surface area contributed by atoms with Gasteiger partial charge in [0.2, 0.25) is 0 Å². The van der Waals surface area contributed by atoms with Gasteiger partial charge in [-0.3, -0.25) is 4.79 Å². The van der Waals surface area contributed by atoms with Crippen LogP contribution in [-0.4, -0.2) is 27.2 Å². The molecule has 3 rings (SSSR count). The molecule has 5 nitrogen and oxygen atoms in total. The van der Waals surface area contributed by atoms with E-state index in [-0.39, 0.29) is 5.92 Å². The molecule has 1 aliphatic rings. The van der Waals surface area contributed by atoms with Crippen LogP contribution in [0.1, 0.15) is 31.0 Å². The lowest BCUT2D eigenvalue weighted by Gasteiger charge is -2.12. The fraction of sp³-hybridized carbons (Fsp3) is 0.444. The molecule has 23 heavy (non-hydrogen) atoms. The van der Waals surface area contributed by atoms with Gasteiger partial charge >= 0.3 is 5.97 Å². The summed E-state index contributed by atoms with van der Waals surface area (Å²) < 4.78 is 1.89. The number of hydrogen-bond acceptors (Lipinski definition) is 3. The Morgan fingerprint density at radius 2 is 2.17 bits per heavy atom. The molecular weight excluding hydrogens is 290 g/mol. The third-order valence-corrected chi connectivity index (χ3v) is 4.95. The average Bonchev–Trinajstić information content (AvgIpc) is 3.04. The Morgan fingerprint density at radius 1 is 1.48 bits per heavy atom. The summed E-state index contributed by atoms with van der Waals surface area (Å²) in [5, 5.41) is 9.75. The highest BCUT2D eigenvalue weighted by atomic mass is 16.4.